The van der Waals surface area contributed by atoms with Crippen molar-refractivity contribution in [2.45, 2.75) is 37.5 Å². The van der Waals surface area contributed by atoms with Crippen molar-refractivity contribution in [3.63, 3.8) is 0 Å². The van der Waals surface area contributed by atoms with E-state index in [-0.39, 0.29) is 10.5 Å². The van der Waals surface area contributed by atoms with E-state index in [0.29, 0.717) is 18.1 Å². The molecule has 1 aliphatic carbocycles. The molecule has 5 nitrogen and oxygen atoms in total. The topological polar surface area (TPSA) is 86.5 Å². The van der Waals surface area contributed by atoms with Gasteiger partial charge in [-0.25, -0.2) is 18.4 Å². The van der Waals surface area contributed by atoms with Crippen LogP contribution in [0.25, 0.3) is 0 Å². The SMILES string of the molecule is Cc1ccc(C(=O)OCCC2CCC2)cc1S(N)(=O)=O. The Kier molecular flexibility index (Phi) is 4.45. The Labute approximate surface area is 119 Å². The minimum absolute atomic E-state index is 0.0362. The molecule has 0 radical (unpaired) electrons. The summed E-state index contributed by atoms with van der Waals surface area (Å²) in [5.41, 5.74) is 0.728. The van der Waals surface area contributed by atoms with Crippen LogP contribution in [0.4, 0.5) is 0 Å². The molecule has 0 unspecified atom stereocenters. The molecule has 2 N–H and O–H groups in total. The van der Waals surface area contributed by atoms with Gasteiger partial charge < -0.3 is 4.74 Å². The number of sulfonamides is 1. The molecule has 1 aliphatic rings. The van der Waals surface area contributed by atoms with Gasteiger partial charge in [0.1, 0.15) is 0 Å². The number of benzene rings is 1. The second kappa shape index (κ2) is 5.93. The second-order valence-electron chi connectivity index (χ2n) is 5.25. The first kappa shape index (κ1) is 15.0. The predicted molar refractivity (Wildman–Crippen MR) is 74.8 cm³/mol. The third-order valence-electron chi connectivity index (χ3n) is 3.71. The molecule has 0 amide bonds. The maximum atomic E-state index is 11.9. The van der Waals surface area contributed by atoms with Gasteiger partial charge in [0.25, 0.3) is 0 Å². The van der Waals surface area contributed by atoms with Crippen molar-refractivity contribution in [3.8, 4) is 0 Å². The minimum Gasteiger partial charge on any atom is -0.462 e. The Morgan fingerprint density at radius 1 is 1.40 bits per heavy atom. The van der Waals surface area contributed by atoms with Crippen LogP contribution >= 0.6 is 0 Å². The average molecular weight is 297 g/mol. The molecule has 1 aromatic carbocycles. The summed E-state index contributed by atoms with van der Waals surface area (Å²) in [6, 6.07) is 4.38. The van der Waals surface area contributed by atoms with Crippen LogP contribution in [0.1, 0.15) is 41.6 Å². The molecule has 1 fully saturated rings. The van der Waals surface area contributed by atoms with Crippen LogP contribution in [0.3, 0.4) is 0 Å². The summed E-state index contributed by atoms with van der Waals surface area (Å²) in [5, 5.41) is 5.11. The summed E-state index contributed by atoms with van der Waals surface area (Å²) in [5.74, 6) is 0.162. The van der Waals surface area contributed by atoms with Crippen molar-refractivity contribution >= 4 is 16.0 Å². The lowest BCUT2D eigenvalue weighted by Crippen LogP contribution is -2.17. The number of rotatable bonds is 5. The fourth-order valence-corrected chi connectivity index (χ4v) is 3.02. The Hall–Kier alpha value is -1.40. The highest BCUT2D eigenvalue weighted by Crippen LogP contribution is 2.29. The molecule has 0 spiro atoms. The van der Waals surface area contributed by atoms with E-state index >= 15 is 0 Å². The normalized spacial score (nSPS) is 15.7. The number of ether oxygens (including phenoxy) is 1. The van der Waals surface area contributed by atoms with E-state index < -0.39 is 16.0 Å². The zero-order valence-electron chi connectivity index (χ0n) is 11.5. The molecule has 0 bridgehead atoms. The molecule has 20 heavy (non-hydrogen) atoms. The smallest absolute Gasteiger partial charge is 0.338 e. The van der Waals surface area contributed by atoms with Crippen molar-refractivity contribution in [3.05, 3.63) is 29.3 Å². The summed E-state index contributed by atoms with van der Waals surface area (Å²) >= 11 is 0. The summed E-state index contributed by atoms with van der Waals surface area (Å²) in [6.07, 6.45) is 4.54. The zero-order valence-corrected chi connectivity index (χ0v) is 12.3. The lowest BCUT2D eigenvalue weighted by Gasteiger charge is -2.24. The standard InChI is InChI=1S/C14H19NO4S/c1-10-5-6-12(9-13(10)20(15,17)18)14(16)19-8-7-11-3-2-4-11/h5-6,9,11H,2-4,7-8H2,1H3,(H2,15,17,18). The number of carbonyl (C=O) groups excluding carboxylic acids is 1. The van der Waals surface area contributed by atoms with Crippen LogP contribution in [-0.4, -0.2) is 21.0 Å². The summed E-state index contributed by atoms with van der Waals surface area (Å²) in [6.45, 7) is 2.01. The van der Waals surface area contributed by atoms with Gasteiger partial charge in [-0.15, -0.1) is 0 Å². The first-order valence-electron chi connectivity index (χ1n) is 6.68. The predicted octanol–water partition coefficient (Wildman–Crippen LogP) is 1.99. The zero-order chi connectivity index (χ0) is 14.8. The summed E-state index contributed by atoms with van der Waals surface area (Å²) in [4.78, 5) is 11.8. The largest absolute Gasteiger partial charge is 0.462 e. The van der Waals surface area contributed by atoms with E-state index in [1.54, 1.807) is 19.1 Å². The molecule has 2 rings (SSSR count). The van der Waals surface area contributed by atoms with Crippen molar-refractivity contribution in [1.29, 1.82) is 0 Å². The van der Waals surface area contributed by atoms with Crippen LogP contribution in [0, 0.1) is 12.8 Å². The van der Waals surface area contributed by atoms with Crippen LogP contribution in [-0.2, 0) is 14.8 Å². The van der Waals surface area contributed by atoms with Gasteiger partial charge in [-0.1, -0.05) is 25.3 Å². The van der Waals surface area contributed by atoms with Gasteiger partial charge in [-0.2, -0.15) is 0 Å². The molecule has 0 saturated heterocycles. The number of esters is 1. The van der Waals surface area contributed by atoms with E-state index in [1.165, 1.54) is 25.3 Å². The third-order valence-corrected chi connectivity index (χ3v) is 4.77. The molecule has 0 heterocycles. The number of nitrogens with two attached hydrogens (primary N) is 1. The molecular formula is C14H19NO4S. The summed E-state index contributed by atoms with van der Waals surface area (Å²) < 4.78 is 28.0. The molecule has 0 atom stereocenters. The lowest BCUT2D eigenvalue weighted by atomic mass is 9.83. The van der Waals surface area contributed by atoms with Gasteiger partial charge in [-0.3, -0.25) is 0 Å². The van der Waals surface area contributed by atoms with Crippen molar-refractivity contribution < 1.29 is 17.9 Å². The number of aryl methyl sites for hydroxylation is 1. The fraction of sp³-hybridized carbons (Fsp3) is 0.500. The number of hydrogen-bond donors (Lipinski definition) is 1. The van der Waals surface area contributed by atoms with E-state index in [0.717, 1.165) is 6.42 Å². The van der Waals surface area contributed by atoms with E-state index in [2.05, 4.69) is 0 Å². The molecule has 0 aromatic heterocycles. The van der Waals surface area contributed by atoms with Gasteiger partial charge in [0.05, 0.1) is 17.1 Å². The first-order chi connectivity index (χ1) is 9.38. The maximum Gasteiger partial charge on any atom is 0.338 e. The molecule has 1 aromatic rings. The van der Waals surface area contributed by atoms with Gasteiger partial charge in [0.15, 0.2) is 0 Å². The van der Waals surface area contributed by atoms with Crippen LogP contribution in [0.5, 0.6) is 0 Å². The second-order valence-corrected chi connectivity index (χ2v) is 6.78. The first-order valence-corrected chi connectivity index (χ1v) is 8.23. The number of primary sulfonamides is 1. The van der Waals surface area contributed by atoms with Gasteiger partial charge >= 0.3 is 5.97 Å². The van der Waals surface area contributed by atoms with Gasteiger partial charge in [0, 0.05) is 0 Å². The van der Waals surface area contributed by atoms with Crippen molar-refractivity contribution in [1.82, 2.24) is 0 Å². The van der Waals surface area contributed by atoms with E-state index in [1.807, 2.05) is 0 Å². The molecule has 110 valence electrons. The van der Waals surface area contributed by atoms with Crippen LogP contribution in [0.15, 0.2) is 23.1 Å². The fourth-order valence-electron chi connectivity index (χ4n) is 2.22. The monoisotopic (exact) mass is 297 g/mol. The van der Waals surface area contributed by atoms with E-state index in [4.69, 9.17) is 9.88 Å². The number of hydrogen-bond acceptors (Lipinski definition) is 4. The molecule has 6 heteroatoms. The minimum atomic E-state index is -3.83. The Morgan fingerprint density at radius 3 is 2.65 bits per heavy atom. The molecular weight excluding hydrogens is 278 g/mol. The van der Waals surface area contributed by atoms with E-state index in [9.17, 15) is 13.2 Å². The third kappa shape index (κ3) is 3.58. The highest BCUT2D eigenvalue weighted by Gasteiger charge is 2.19. The molecule has 1 saturated carbocycles. The van der Waals surface area contributed by atoms with Crippen LogP contribution in [0.2, 0.25) is 0 Å². The van der Waals surface area contributed by atoms with Gasteiger partial charge in [-0.05, 0) is 37.0 Å². The Balaban J connectivity index is 2.02. The van der Waals surface area contributed by atoms with Gasteiger partial charge in [0.2, 0.25) is 10.0 Å². The number of carbonyl (C=O) groups is 1. The van der Waals surface area contributed by atoms with Crippen molar-refractivity contribution in [2.75, 3.05) is 6.61 Å². The Bertz CT molecular complexity index is 606. The Morgan fingerprint density at radius 2 is 2.10 bits per heavy atom. The molecule has 0 aliphatic heterocycles. The highest BCUT2D eigenvalue weighted by atomic mass is 32.2. The maximum absolute atomic E-state index is 11.9. The lowest BCUT2D eigenvalue weighted by molar-refractivity contribution is 0.0464. The van der Waals surface area contributed by atoms with Crippen LogP contribution < -0.4 is 5.14 Å². The highest BCUT2D eigenvalue weighted by molar-refractivity contribution is 7.89. The summed E-state index contributed by atoms with van der Waals surface area (Å²) in [7, 11) is -3.83. The average Bonchev–Trinajstić information content (AvgIpc) is 2.31. The quantitative estimate of drug-likeness (QED) is 0.842. The van der Waals surface area contributed by atoms with Crippen molar-refractivity contribution in [2.24, 2.45) is 11.1 Å².